The van der Waals surface area contributed by atoms with Gasteiger partial charge in [-0.25, -0.2) is 14.6 Å². The number of aromatic nitrogens is 4. The Morgan fingerprint density at radius 2 is 1.73 bits per heavy atom. The first-order valence-corrected chi connectivity index (χ1v) is 11.6. The number of hydrogen-bond acceptors (Lipinski definition) is 11. The highest BCUT2D eigenvalue weighted by Crippen LogP contribution is 2.42. The van der Waals surface area contributed by atoms with Gasteiger partial charge in [0.25, 0.3) is 5.91 Å². The number of anilines is 3. The summed E-state index contributed by atoms with van der Waals surface area (Å²) < 4.78 is 15.9. The van der Waals surface area contributed by atoms with Gasteiger partial charge in [-0.05, 0) is 45.6 Å². The number of phenolic OH excluding ortho intramolecular Hbond substituents is 1. The number of nitrogens with one attached hydrogen (secondary N) is 2. The second-order valence-corrected chi connectivity index (χ2v) is 9.91. The molecule has 12 nitrogen and oxygen atoms in total. The number of amides is 1. The average Bonchev–Trinajstić information content (AvgIpc) is 3.51. The van der Waals surface area contributed by atoms with Gasteiger partial charge in [-0.15, -0.1) is 0 Å². The lowest BCUT2D eigenvalue weighted by Crippen LogP contribution is -2.26. The number of carbonyl (C=O) groups is 1. The van der Waals surface area contributed by atoms with E-state index < -0.39 is 0 Å². The van der Waals surface area contributed by atoms with Crippen LogP contribution in [0.15, 0.2) is 41.0 Å². The highest BCUT2D eigenvalue weighted by Gasteiger charge is 2.30. The van der Waals surface area contributed by atoms with E-state index in [1.54, 1.807) is 32.3 Å². The van der Waals surface area contributed by atoms with Crippen molar-refractivity contribution in [2.24, 2.45) is 5.41 Å². The molecule has 3 N–H and O–H groups in total. The van der Waals surface area contributed by atoms with Crippen molar-refractivity contribution >= 4 is 34.5 Å². The van der Waals surface area contributed by atoms with Crippen molar-refractivity contribution in [3.05, 3.63) is 47.5 Å². The second-order valence-electron chi connectivity index (χ2n) is 9.91. The maximum atomic E-state index is 12.5. The SMILES string of the molecule is CN(C)C(=O)c1cccc(Nc2nc3nonc3nc2N[C@@H](c2ccc3c(c2)OCO3)C(C)(C)C)c1O. The molecule has 5 rings (SSSR count). The van der Waals surface area contributed by atoms with E-state index in [0.29, 0.717) is 17.3 Å². The molecule has 12 heteroatoms. The minimum absolute atomic E-state index is 0.148. The number of aromatic hydroxyl groups is 1. The first kappa shape index (κ1) is 24.1. The summed E-state index contributed by atoms with van der Waals surface area (Å²) in [4.78, 5) is 23.0. The van der Waals surface area contributed by atoms with Gasteiger partial charge in [0, 0.05) is 14.1 Å². The Bertz CT molecular complexity index is 1480. The average molecular weight is 506 g/mol. The van der Waals surface area contributed by atoms with Gasteiger partial charge in [-0.1, -0.05) is 32.9 Å². The number of fused-ring (bicyclic) bond motifs is 2. The van der Waals surface area contributed by atoms with Crippen molar-refractivity contribution < 1.29 is 24.0 Å². The van der Waals surface area contributed by atoms with E-state index in [1.165, 1.54) is 4.90 Å². The molecule has 37 heavy (non-hydrogen) atoms. The summed E-state index contributed by atoms with van der Waals surface area (Å²) in [5, 5.41) is 25.1. The van der Waals surface area contributed by atoms with Gasteiger partial charge < -0.3 is 30.1 Å². The van der Waals surface area contributed by atoms with Crippen LogP contribution >= 0.6 is 0 Å². The lowest BCUT2D eigenvalue weighted by Gasteiger charge is -2.33. The van der Waals surface area contributed by atoms with Gasteiger partial charge in [0.1, 0.15) is 0 Å². The molecule has 0 unspecified atom stereocenters. The second kappa shape index (κ2) is 9.12. The van der Waals surface area contributed by atoms with Crippen LogP contribution in [0.4, 0.5) is 17.3 Å². The third-order valence-electron chi connectivity index (χ3n) is 5.92. The molecule has 1 atom stereocenters. The first-order valence-electron chi connectivity index (χ1n) is 11.6. The topological polar surface area (TPSA) is 148 Å². The fraction of sp³-hybridized carbons (Fsp3) is 0.320. The molecule has 1 aliphatic rings. The minimum atomic E-state index is -0.336. The molecule has 0 saturated heterocycles. The van der Waals surface area contributed by atoms with Crippen LogP contribution in [0.25, 0.3) is 11.3 Å². The molecule has 0 fully saturated rings. The maximum Gasteiger partial charge on any atom is 0.257 e. The highest BCUT2D eigenvalue weighted by atomic mass is 16.7. The number of ether oxygens (including phenoxy) is 2. The van der Waals surface area contributed by atoms with Crippen molar-refractivity contribution in [2.45, 2.75) is 26.8 Å². The third kappa shape index (κ3) is 4.65. The van der Waals surface area contributed by atoms with Crippen LogP contribution in [-0.4, -0.2) is 57.1 Å². The van der Waals surface area contributed by atoms with Crippen LogP contribution in [-0.2, 0) is 0 Å². The van der Waals surface area contributed by atoms with Crippen LogP contribution in [0, 0.1) is 5.41 Å². The number of nitrogens with zero attached hydrogens (tertiary/aromatic N) is 5. The molecular formula is C25H27N7O5. The van der Waals surface area contributed by atoms with E-state index in [2.05, 4.69) is 51.7 Å². The van der Waals surface area contributed by atoms with Crippen molar-refractivity contribution in [1.29, 1.82) is 0 Å². The maximum absolute atomic E-state index is 12.5. The van der Waals surface area contributed by atoms with E-state index in [1.807, 2.05) is 18.2 Å². The lowest BCUT2D eigenvalue weighted by atomic mass is 9.82. The zero-order valence-corrected chi connectivity index (χ0v) is 21.1. The van der Waals surface area contributed by atoms with E-state index in [-0.39, 0.29) is 58.3 Å². The Balaban J connectivity index is 1.56. The third-order valence-corrected chi connectivity index (χ3v) is 5.92. The van der Waals surface area contributed by atoms with Crippen molar-refractivity contribution in [1.82, 2.24) is 25.2 Å². The molecule has 1 amide bonds. The molecule has 0 bridgehead atoms. The number of rotatable bonds is 6. The highest BCUT2D eigenvalue weighted by molar-refractivity contribution is 5.98. The smallest absolute Gasteiger partial charge is 0.257 e. The molecule has 1 aliphatic heterocycles. The van der Waals surface area contributed by atoms with Crippen LogP contribution < -0.4 is 20.1 Å². The Morgan fingerprint density at radius 1 is 1.03 bits per heavy atom. The fourth-order valence-electron chi connectivity index (χ4n) is 4.04. The van der Waals surface area contributed by atoms with E-state index in [9.17, 15) is 9.90 Å². The molecule has 4 aromatic rings. The first-order chi connectivity index (χ1) is 17.6. The summed E-state index contributed by atoms with van der Waals surface area (Å²) >= 11 is 0. The predicted molar refractivity (Wildman–Crippen MR) is 135 cm³/mol. The van der Waals surface area contributed by atoms with Gasteiger partial charge in [0.2, 0.25) is 18.1 Å². The Kier molecular flexibility index (Phi) is 5.94. The molecule has 0 spiro atoms. The van der Waals surface area contributed by atoms with Crippen molar-refractivity contribution in [2.75, 3.05) is 31.5 Å². The van der Waals surface area contributed by atoms with Crippen LogP contribution in [0.1, 0.15) is 42.7 Å². The van der Waals surface area contributed by atoms with Gasteiger partial charge in [0.15, 0.2) is 28.9 Å². The number of phenols is 1. The molecule has 3 heterocycles. The largest absolute Gasteiger partial charge is 0.505 e. The van der Waals surface area contributed by atoms with Gasteiger partial charge in [0.05, 0.1) is 17.3 Å². The lowest BCUT2D eigenvalue weighted by molar-refractivity contribution is 0.0824. The summed E-state index contributed by atoms with van der Waals surface area (Å²) in [5.41, 5.74) is 1.50. The van der Waals surface area contributed by atoms with Gasteiger partial charge in [-0.2, -0.15) is 0 Å². The van der Waals surface area contributed by atoms with Crippen LogP contribution in [0.3, 0.4) is 0 Å². The predicted octanol–water partition coefficient (Wildman–Crippen LogP) is 4.09. The summed E-state index contributed by atoms with van der Waals surface area (Å²) in [6.45, 7) is 6.46. The van der Waals surface area contributed by atoms with E-state index in [4.69, 9.17) is 14.1 Å². The molecule has 2 aromatic heterocycles. The normalized spacial score (nSPS) is 13.4. The summed E-state index contributed by atoms with van der Waals surface area (Å²) in [6, 6.07) is 10.4. The molecule has 0 saturated carbocycles. The number of hydrogen-bond donors (Lipinski definition) is 3. The number of carbonyl (C=O) groups excluding carboxylic acids is 1. The molecule has 2 aromatic carbocycles. The standard InChI is InChI=1S/C25H27N7O5/c1-25(2,3)19(13-9-10-16-17(11-13)36-12-35-16)27-21-20(28-22-23(29-21)31-37-30-22)26-15-8-6-7-14(18(15)33)24(34)32(4)5/h6-11,19,33H,12H2,1-5H3,(H,26,28,30)(H,27,29,31)/t19-/m0/s1. The monoisotopic (exact) mass is 505 g/mol. The van der Waals surface area contributed by atoms with E-state index >= 15 is 0 Å². The number of benzene rings is 2. The Hall–Kier alpha value is -4.61. The Morgan fingerprint density at radius 3 is 2.43 bits per heavy atom. The van der Waals surface area contributed by atoms with Crippen LogP contribution in [0.5, 0.6) is 17.2 Å². The molecule has 0 radical (unpaired) electrons. The quantitative estimate of drug-likeness (QED) is 0.325. The summed E-state index contributed by atoms with van der Waals surface area (Å²) in [7, 11) is 3.23. The number of para-hydroxylation sites is 1. The summed E-state index contributed by atoms with van der Waals surface area (Å²) in [6.07, 6.45) is 0. The van der Waals surface area contributed by atoms with Gasteiger partial charge >= 0.3 is 0 Å². The summed E-state index contributed by atoms with van der Waals surface area (Å²) in [5.74, 6) is 1.43. The van der Waals surface area contributed by atoms with Crippen LogP contribution in [0.2, 0.25) is 0 Å². The fourth-order valence-corrected chi connectivity index (χ4v) is 4.04. The van der Waals surface area contributed by atoms with Crippen molar-refractivity contribution in [3.8, 4) is 17.2 Å². The molecule has 192 valence electrons. The van der Waals surface area contributed by atoms with Gasteiger partial charge in [-0.3, -0.25) is 4.79 Å². The minimum Gasteiger partial charge on any atom is -0.505 e. The Labute approximate surface area is 212 Å². The molecule has 0 aliphatic carbocycles. The van der Waals surface area contributed by atoms with E-state index in [0.717, 1.165) is 5.56 Å². The van der Waals surface area contributed by atoms with Crippen molar-refractivity contribution in [3.63, 3.8) is 0 Å². The molecular weight excluding hydrogens is 478 g/mol. The zero-order valence-electron chi connectivity index (χ0n) is 21.1. The zero-order chi connectivity index (χ0) is 26.3.